The van der Waals surface area contributed by atoms with Gasteiger partial charge in [0.25, 0.3) is 0 Å². The zero-order chi connectivity index (χ0) is 9.97. The molecule has 0 aromatic carbocycles. The fourth-order valence-corrected chi connectivity index (χ4v) is 1.61. The number of rotatable bonds is 1. The number of halogens is 1. The van der Waals surface area contributed by atoms with Crippen LogP contribution < -0.4 is 0 Å². The largest absolute Gasteiger partial charge is 0.263 e. The zero-order valence-electron chi connectivity index (χ0n) is 7.74. The van der Waals surface area contributed by atoms with Crippen molar-refractivity contribution in [2.45, 2.75) is 6.92 Å². The molecule has 0 unspecified atom stereocenters. The molecule has 0 spiro atoms. The molecule has 0 aliphatic rings. The van der Waals surface area contributed by atoms with Crippen molar-refractivity contribution in [3.05, 3.63) is 46.8 Å². The van der Waals surface area contributed by atoms with Gasteiger partial charge in [-0.05, 0) is 46.6 Å². The molecule has 2 nitrogen and oxygen atoms in total. The van der Waals surface area contributed by atoms with Crippen LogP contribution >= 0.6 is 15.9 Å². The van der Waals surface area contributed by atoms with Crippen LogP contribution in [0.1, 0.15) is 5.56 Å². The Morgan fingerprint density at radius 3 is 2.79 bits per heavy atom. The van der Waals surface area contributed by atoms with E-state index in [0.717, 1.165) is 15.7 Å². The van der Waals surface area contributed by atoms with E-state index in [-0.39, 0.29) is 0 Å². The Labute approximate surface area is 91.2 Å². The van der Waals surface area contributed by atoms with Crippen molar-refractivity contribution in [2.75, 3.05) is 0 Å². The minimum atomic E-state index is 0.957. The summed E-state index contributed by atoms with van der Waals surface area (Å²) in [6.07, 6.45) is 5.39. The van der Waals surface area contributed by atoms with Gasteiger partial charge in [0.2, 0.25) is 0 Å². The highest BCUT2D eigenvalue weighted by Gasteiger charge is 1.99. The van der Waals surface area contributed by atoms with Gasteiger partial charge in [-0.3, -0.25) is 9.97 Å². The highest BCUT2D eigenvalue weighted by atomic mass is 79.9. The lowest BCUT2D eigenvalue weighted by atomic mass is 10.1. The monoisotopic (exact) mass is 248 g/mol. The van der Waals surface area contributed by atoms with E-state index in [1.165, 1.54) is 5.56 Å². The minimum Gasteiger partial charge on any atom is -0.263 e. The molecular weight excluding hydrogens is 240 g/mol. The van der Waals surface area contributed by atoms with Crippen LogP contribution in [0.5, 0.6) is 0 Å². The third kappa shape index (κ3) is 1.99. The van der Waals surface area contributed by atoms with Crippen LogP contribution in [0.25, 0.3) is 11.3 Å². The van der Waals surface area contributed by atoms with E-state index < -0.39 is 0 Å². The highest BCUT2D eigenvalue weighted by molar-refractivity contribution is 9.10. The molecule has 2 aromatic rings. The van der Waals surface area contributed by atoms with E-state index in [4.69, 9.17) is 0 Å². The number of nitrogens with zero attached hydrogens (tertiary/aromatic N) is 2. The average molecular weight is 249 g/mol. The maximum atomic E-state index is 4.29. The molecule has 0 bridgehead atoms. The first-order chi connectivity index (χ1) is 6.75. The third-order valence-electron chi connectivity index (χ3n) is 1.92. The van der Waals surface area contributed by atoms with Gasteiger partial charge < -0.3 is 0 Å². The van der Waals surface area contributed by atoms with Crippen LogP contribution in [0, 0.1) is 6.92 Å². The Hall–Kier alpha value is -1.22. The van der Waals surface area contributed by atoms with Gasteiger partial charge in [-0.15, -0.1) is 0 Å². The van der Waals surface area contributed by atoms with Crippen molar-refractivity contribution in [2.24, 2.45) is 0 Å². The van der Waals surface area contributed by atoms with Crippen LogP contribution in [-0.2, 0) is 0 Å². The second-order valence-corrected chi connectivity index (χ2v) is 4.03. The second-order valence-electron chi connectivity index (χ2n) is 3.11. The number of pyridine rings is 2. The van der Waals surface area contributed by atoms with Crippen LogP contribution in [0.15, 0.2) is 41.3 Å². The van der Waals surface area contributed by atoms with Gasteiger partial charge in [0.05, 0.1) is 5.69 Å². The average Bonchev–Trinajstić information content (AvgIpc) is 2.18. The summed E-state index contributed by atoms with van der Waals surface area (Å²) < 4.78 is 0.971. The van der Waals surface area contributed by atoms with E-state index in [1.807, 2.05) is 30.6 Å². The van der Waals surface area contributed by atoms with Gasteiger partial charge in [-0.1, -0.05) is 0 Å². The summed E-state index contributed by atoms with van der Waals surface area (Å²) in [5, 5.41) is 0. The molecule has 0 fully saturated rings. The normalized spacial score (nSPS) is 10.1. The maximum Gasteiger partial charge on any atom is 0.0720 e. The van der Waals surface area contributed by atoms with E-state index in [1.54, 1.807) is 6.20 Å². The van der Waals surface area contributed by atoms with Crippen LogP contribution in [0.2, 0.25) is 0 Å². The van der Waals surface area contributed by atoms with E-state index in [9.17, 15) is 0 Å². The maximum absolute atomic E-state index is 4.29. The van der Waals surface area contributed by atoms with Crippen LogP contribution in [0.4, 0.5) is 0 Å². The Balaban J connectivity index is 2.49. The Morgan fingerprint density at radius 1 is 1.21 bits per heavy atom. The van der Waals surface area contributed by atoms with Crippen molar-refractivity contribution >= 4 is 15.9 Å². The fourth-order valence-electron chi connectivity index (χ4n) is 1.25. The van der Waals surface area contributed by atoms with E-state index in [0.29, 0.717) is 0 Å². The predicted octanol–water partition coefficient (Wildman–Crippen LogP) is 3.21. The first-order valence-corrected chi connectivity index (χ1v) is 5.08. The summed E-state index contributed by atoms with van der Waals surface area (Å²) in [6.45, 7) is 2.05. The molecule has 0 saturated carbocycles. The molecule has 14 heavy (non-hydrogen) atoms. The molecule has 2 aromatic heterocycles. The lowest BCUT2D eigenvalue weighted by molar-refractivity contribution is 1.25. The SMILES string of the molecule is Cc1ccnc(-c2cncc(Br)c2)c1. The molecule has 2 heterocycles. The van der Waals surface area contributed by atoms with Crippen molar-refractivity contribution in [1.29, 1.82) is 0 Å². The van der Waals surface area contributed by atoms with Crippen LogP contribution in [0.3, 0.4) is 0 Å². The molecule has 0 aliphatic carbocycles. The molecule has 3 heteroatoms. The first kappa shape index (κ1) is 9.34. The summed E-state index contributed by atoms with van der Waals surface area (Å²) >= 11 is 3.39. The molecule has 2 rings (SSSR count). The quantitative estimate of drug-likeness (QED) is 0.775. The summed E-state index contributed by atoms with van der Waals surface area (Å²) in [5.41, 5.74) is 3.19. The summed E-state index contributed by atoms with van der Waals surface area (Å²) in [4.78, 5) is 8.39. The molecular formula is C11H9BrN2. The third-order valence-corrected chi connectivity index (χ3v) is 2.35. The van der Waals surface area contributed by atoms with Gasteiger partial charge in [0, 0.05) is 28.6 Å². The Kier molecular flexibility index (Phi) is 2.59. The molecule has 0 saturated heterocycles. The lowest BCUT2D eigenvalue weighted by Crippen LogP contribution is -1.85. The topological polar surface area (TPSA) is 25.8 Å². The number of aromatic nitrogens is 2. The van der Waals surface area contributed by atoms with Gasteiger partial charge in [-0.2, -0.15) is 0 Å². The zero-order valence-corrected chi connectivity index (χ0v) is 9.32. The van der Waals surface area contributed by atoms with Gasteiger partial charge >= 0.3 is 0 Å². The van der Waals surface area contributed by atoms with Crippen molar-refractivity contribution in [1.82, 2.24) is 9.97 Å². The van der Waals surface area contributed by atoms with Gasteiger partial charge in [0.15, 0.2) is 0 Å². The Bertz CT molecular complexity index is 411. The summed E-state index contributed by atoms with van der Waals surface area (Å²) in [5.74, 6) is 0. The molecule has 0 atom stereocenters. The lowest BCUT2D eigenvalue weighted by Gasteiger charge is -2.01. The smallest absolute Gasteiger partial charge is 0.0720 e. The van der Waals surface area contributed by atoms with Gasteiger partial charge in [-0.25, -0.2) is 0 Å². The van der Waals surface area contributed by atoms with Gasteiger partial charge in [0.1, 0.15) is 0 Å². The molecule has 0 radical (unpaired) electrons. The standard InChI is InChI=1S/C11H9BrN2/c1-8-2-3-14-11(4-8)9-5-10(12)7-13-6-9/h2-7H,1H3. The molecule has 70 valence electrons. The van der Waals surface area contributed by atoms with Crippen molar-refractivity contribution in [3.63, 3.8) is 0 Å². The van der Waals surface area contributed by atoms with E-state index in [2.05, 4.69) is 32.8 Å². The Morgan fingerprint density at radius 2 is 2.07 bits per heavy atom. The second kappa shape index (κ2) is 3.88. The molecule has 0 N–H and O–H groups in total. The van der Waals surface area contributed by atoms with Crippen molar-refractivity contribution < 1.29 is 0 Å². The molecule has 0 aliphatic heterocycles. The predicted molar refractivity (Wildman–Crippen MR) is 59.9 cm³/mol. The van der Waals surface area contributed by atoms with Crippen LogP contribution in [-0.4, -0.2) is 9.97 Å². The number of hydrogen-bond donors (Lipinski definition) is 0. The number of aryl methyl sites for hydroxylation is 1. The number of hydrogen-bond acceptors (Lipinski definition) is 2. The summed E-state index contributed by atoms with van der Waals surface area (Å²) in [7, 11) is 0. The molecule has 0 amide bonds. The first-order valence-electron chi connectivity index (χ1n) is 4.29. The van der Waals surface area contributed by atoms with E-state index >= 15 is 0 Å². The summed E-state index contributed by atoms with van der Waals surface area (Å²) in [6, 6.07) is 6.03. The highest BCUT2D eigenvalue weighted by Crippen LogP contribution is 2.20. The van der Waals surface area contributed by atoms with Crippen molar-refractivity contribution in [3.8, 4) is 11.3 Å². The minimum absolute atomic E-state index is 0.957. The fraction of sp³-hybridized carbons (Fsp3) is 0.0909.